The van der Waals surface area contributed by atoms with E-state index in [9.17, 15) is 4.79 Å². The molecule has 0 bridgehead atoms. The van der Waals surface area contributed by atoms with Crippen molar-refractivity contribution in [2.75, 3.05) is 0 Å². The van der Waals surface area contributed by atoms with Crippen molar-refractivity contribution in [3.05, 3.63) is 53.0 Å². The summed E-state index contributed by atoms with van der Waals surface area (Å²) in [5.41, 5.74) is 1.45. The summed E-state index contributed by atoms with van der Waals surface area (Å²) in [6.45, 7) is 0. The summed E-state index contributed by atoms with van der Waals surface area (Å²) < 4.78 is 0. The first-order valence-corrected chi connectivity index (χ1v) is 4.32. The number of carbonyl (C=O) groups is 1. The molecule has 2 aliphatic rings. The third kappa shape index (κ3) is 0.836. The van der Waals surface area contributed by atoms with Crippen LogP contribution in [0.2, 0.25) is 0 Å². The molecule has 0 unspecified atom stereocenters. The van der Waals surface area contributed by atoms with Gasteiger partial charge in [-0.2, -0.15) is 0 Å². The van der Waals surface area contributed by atoms with Gasteiger partial charge in [0.05, 0.1) is 22.8 Å². The number of rotatable bonds is 0. The topological polar surface area (TPSA) is 42.3 Å². The lowest BCUT2D eigenvalue weighted by Crippen LogP contribution is -2.25. The molecule has 3 heteroatoms. The number of hydrogen-bond donors (Lipinski definition) is 0. The second-order valence-electron chi connectivity index (χ2n) is 3.15. The zero-order valence-electron chi connectivity index (χ0n) is 7.27. The van der Waals surface area contributed by atoms with Crippen LogP contribution in [0.3, 0.4) is 0 Å². The van der Waals surface area contributed by atoms with Crippen LogP contribution in [0.1, 0.15) is 0 Å². The molecule has 1 aliphatic carbocycles. The molecule has 0 amide bonds. The molecule has 66 valence electrons. The maximum atomic E-state index is 11.6. The molecule has 1 aliphatic heterocycles. The molecule has 14 heavy (non-hydrogen) atoms. The number of nitrogens with zero attached hydrogens (tertiary/aromatic N) is 2. The van der Waals surface area contributed by atoms with E-state index in [0.29, 0.717) is 5.57 Å². The summed E-state index contributed by atoms with van der Waals surface area (Å²) in [4.78, 5) is 19.9. The Hall–Kier alpha value is -2.03. The van der Waals surface area contributed by atoms with Gasteiger partial charge in [0.1, 0.15) is 0 Å². The SMILES string of the molecule is O=C1C=CC=C2N=c3cnccc3=C12. The summed E-state index contributed by atoms with van der Waals surface area (Å²) in [5, 5.41) is 1.67. The molecule has 0 radical (unpaired) electrons. The number of ketones is 1. The summed E-state index contributed by atoms with van der Waals surface area (Å²) in [5.74, 6) is 0.0243. The van der Waals surface area contributed by atoms with Crippen LogP contribution < -0.4 is 10.6 Å². The van der Waals surface area contributed by atoms with E-state index < -0.39 is 0 Å². The summed E-state index contributed by atoms with van der Waals surface area (Å²) in [6.07, 6.45) is 8.48. The zero-order valence-corrected chi connectivity index (χ0v) is 7.27. The number of carbonyl (C=O) groups excluding carboxylic acids is 1. The first-order chi connectivity index (χ1) is 6.86. The van der Waals surface area contributed by atoms with Crippen LogP contribution in [0.15, 0.2) is 47.4 Å². The molecular weight excluding hydrogens is 176 g/mol. The molecule has 0 atom stereocenters. The lowest BCUT2D eigenvalue weighted by molar-refractivity contribution is -0.109. The molecule has 1 aromatic rings. The highest BCUT2D eigenvalue weighted by atomic mass is 16.1. The van der Waals surface area contributed by atoms with Gasteiger partial charge in [0.25, 0.3) is 0 Å². The molecule has 0 saturated carbocycles. The zero-order chi connectivity index (χ0) is 9.54. The molecular formula is C11H6N2O. The number of hydrogen-bond acceptors (Lipinski definition) is 3. The Morgan fingerprint density at radius 3 is 3.14 bits per heavy atom. The van der Waals surface area contributed by atoms with Crippen LogP contribution in [-0.4, -0.2) is 10.8 Å². The summed E-state index contributed by atoms with van der Waals surface area (Å²) in [6, 6.07) is 1.83. The van der Waals surface area contributed by atoms with Crippen molar-refractivity contribution in [3.63, 3.8) is 0 Å². The normalized spacial score (nSPS) is 17.3. The van der Waals surface area contributed by atoms with Gasteiger partial charge in [0, 0.05) is 11.4 Å². The molecule has 1 aromatic heterocycles. The smallest absolute Gasteiger partial charge is 0.188 e. The third-order valence-electron chi connectivity index (χ3n) is 2.31. The lowest BCUT2D eigenvalue weighted by Gasteiger charge is -2.02. The minimum atomic E-state index is 0.0243. The van der Waals surface area contributed by atoms with Gasteiger partial charge < -0.3 is 0 Å². The van der Waals surface area contributed by atoms with Gasteiger partial charge in [-0.05, 0) is 18.2 Å². The van der Waals surface area contributed by atoms with Gasteiger partial charge in [0.15, 0.2) is 5.78 Å². The predicted octanol–water partition coefficient (Wildman–Crippen LogP) is -0.112. The first-order valence-electron chi connectivity index (χ1n) is 4.32. The van der Waals surface area contributed by atoms with Crippen LogP contribution in [-0.2, 0) is 4.79 Å². The number of fused-ring (bicyclic) bond motifs is 2. The third-order valence-corrected chi connectivity index (χ3v) is 2.31. The molecule has 0 fully saturated rings. The predicted molar refractivity (Wildman–Crippen MR) is 50.7 cm³/mol. The second-order valence-corrected chi connectivity index (χ2v) is 3.15. The van der Waals surface area contributed by atoms with Crippen LogP contribution >= 0.6 is 0 Å². The average molecular weight is 182 g/mol. The monoisotopic (exact) mass is 182 g/mol. The standard InChI is InChI=1S/C11H6N2O/c14-10-3-1-2-8-11(10)7-4-5-12-6-9(7)13-8/h1-6H. The van der Waals surface area contributed by atoms with Gasteiger partial charge in [-0.1, -0.05) is 6.08 Å². The van der Waals surface area contributed by atoms with Gasteiger partial charge in [-0.15, -0.1) is 0 Å². The second kappa shape index (κ2) is 2.48. The summed E-state index contributed by atoms with van der Waals surface area (Å²) >= 11 is 0. The minimum absolute atomic E-state index is 0.0243. The molecule has 3 nitrogen and oxygen atoms in total. The first kappa shape index (κ1) is 7.38. The molecule has 2 heterocycles. The van der Waals surface area contributed by atoms with E-state index in [0.717, 1.165) is 16.3 Å². The van der Waals surface area contributed by atoms with Crippen molar-refractivity contribution in [2.45, 2.75) is 0 Å². The van der Waals surface area contributed by atoms with E-state index in [2.05, 4.69) is 9.98 Å². The fraction of sp³-hybridized carbons (Fsp3) is 0. The fourth-order valence-electron chi connectivity index (χ4n) is 1.70. The highest BCUT2D eigenvalue weighted by Gasteiger charge is 2.19. The molecule has 3 rings (SSSR count). The number of allylic oxidation sites excluding steroid dienone is 4. The maximum absolute atomic E-state index is 11.6. The Balaban J connectivity index is 2.51. The van der Waals surface area contributed by atoms with Gasteiger partial charge in [-0.3, -0.25) is 9.78 Å². The largest absolute Gasteiger partial charge is 0.289 e. The Bertz CT molecular complexity index is 608. The van der Waals surface area contributed by atoms with Gasteiger partial charge >= 0.3 is 0 Å². The molecule has 0 spiro atoms. The Morgan fingerprint density at radius 2 is 2.21 bits per heavy atom. The van der Waals surface area contributed by atoms with Gasteiger partial charge in [0.2, 0.25) is 0 Å². The minimum Gasteiger partial charge on any atom is -0.289 e. The quantitative estimate of drug-likeness (QED) is 0.561. The molecule has 0 aromatic carbocycles. The van der Waals surface area contributed by atoms with E-state index in [4.69, 9.17) is 0 Å². The van der Waals surface area contributed by atoms with Crippen molar-refractivity contribution in [3.8, 4) is 0 Å². The highest BCUT2D eigenvalue weighted by Crippen LogP contribution is 2.18. The summed E-state index contributed by atoms with van der Waals surface area (Å²) in [7, 11) is 0. The van der Waals surface area contributed by atoms with Crippen molar-refractivity contribution < 1.29 is 4.79 Å². The Morgan fingerprint density at radius 1 is 1.29 bits per heavy atom. The van der Waals surface area contributed by atoms with Crippen molar-refractivity contribution in [1.29, 1.82) is 0 Å². The van der Waals surface area contributed by atoms with E-state index in [1.54, 1.807) is 24.5 Å². The number of aromatic nitrogens is 1. The van der Waals surface area contributed by atoms with Crippen molar-refractivity contribution >= 4 is 11.4 Å². The number of pyridine rings is 1. The van der Waals surface area contributed by atoms with E-state index in [1.165, 1.54) is 0 Å². The molecule has 0 saturated heterocycles. The van der Waals surface area contributed by atoms with E-state index >= 15 is 0 Å². The lowest BCUT2D eigenvalue weighted by atomic mass is 10.0. The van der Waals surface area contributed by atoms with Crippen LogP contribution in [0.4, 0.5) is 0 Å². The fourth-order valence-corrected chi connectivity index (χ4v) is 1.70. The van der Waals surface area contributed by atoms with Crippen LogP contribution in [0, 0.1) is 0 Å². The van der Waals surface area contributed by atoms with Crippen LogP contribution in [0.5, 0.6) is 0 Å². The van der Waals surface area contributed by atoms with Gasteiger partial charge in [-0.25, -0.2) is 4.99 Å². The van der Waals surface area contributed by atoms with Crippen LogP contribution in [0.25, 0.3) is 5.57 Å². The maximum Gasteiger partial charge on any atom is 0.188 e. The van der Waals surface area contributed by atoms with E-state index in [-0.39, 0.29) is 5.78 Å². The highest BCUT2D eigenvalue weighted by molar-refractivity contribution is 6.27. The average Bonchev–Trinajstić information content (AvgIpc) is 2.57. The van der Waals surface area contributed by atoms with Crippen molar-refractivity contribution in [2.24, 2.45) is 4.99 Å². The Kier molecular flexibility index (Phi) is 1.31. The Labute approximate surface area is 79.8 Å². The van der Waals surface area contributed by atoms with Crippen molar-refractivity contribution in [1.82, 2.24) is 4.98 Å². The van der Waals surface area contributed by atoms with E-state index in [1.807, 2.05) is 12.1 Å². The molecule has 0 N–H and O–H groups in total.